The van der Waals surface area contributed by atoms with Crippen LogP contribution in [0.15, 0.2) is 77.7 Å². The number of anilines is 2. The summed E-state index contributed by atoms with van der Waals surface area (Å²) in [5, 5.41) is 3.32. The van der Waals surface area contributed by atoms with Crippen LogP contribution in [0.4, 0.5) is 11.4 Å². The Bertz CT molecular complexity index is 966. The Morgan fingerprint density at radius 2 is 1.62 bits per heavy atom. The summed E-state index contributed by atoms with van der Waals surface area (Å²) in [5.74, 6) is 3.93. The third kappa shape index (κ3) is 8.97. The molecule has 0 spiro atoms. The van der Waals surface area contributed by atoms with Gasteiger partial charge in [0.15, 0.2) is 0 Å². The van der Waals surface area contributed by atoms with Gasteiger partial charge >= 0.3 is 0 Å². The molecular weight excluding hydrogens is 414 g/mol. The lowest BCUT2D eigenvalue weighted by atomic mass is 10.1. The minimum absolute atomic E-state index is 0.833. The predicted octanol–water partition coefficient (Wildman–Crippen LogP) is 6.77. The second-order valence-electron chi connectivity index (χ2n) is 7.41. The van der Waals surface area contributed by atoms with E-state index in [-0.39, 0.29) is 0 Å². The quantitative estimate of drug-likeness (QED) is 0.265. The zero-order chi connectivity index (χ0) is 23.2. The van der Waals surface area contributed by atoms with E-state index in [1.54, 1.807) is 18.9 Å². The van der Waals surface area contributed by atoms with Crippen molar-refractivity contribution in [3.8, 4) is 23.8 Å². The highest BCUT2D eigenvalue weighted by atomic mass is 32.2. The maximum atomic E-state index is 5.85. The summed E-state index contributed by atoms with van der Waals surface area (Å²) in [7, 11) is 6.21. The number of hydrogen-bond donors (Lipinski definition) is 2. The van der Waals surface area contributed by atoms with E-state index in [0.29, 0.717) is 0 Å². The van der Waals surface area contributed by atoms with E-state index in [9.17, 15) is 0 Å². The van der Waals surface area contributed by atoms with E-state index < -0.39 is 0 Å². The fourth-order valence-corrected chi connectivity index (χ4v) is 3.63. The highest BCUT2D eigenvalue weighted by molar-refractivity contribution is 8.00. The summed E-state index contributed by atoms with van der Waals surface area (Å²) in [6.45, 7) is 2.75. The van der Waals surface area contributed by atoms with Crippen molar-refractivity contribution in [1.82, 2.24) is 4.90 Å². The number of para-hydroxylation sites is 1. The van der Waals surface area contributed by atoms with E-state index in [2.05, 4.69) is 71.7 Å². The van der Waals surface area contributed by atoms with Crippen molar-refractivity contribution in [3.63, 3.8) is 0 Å². The first-order valence-electron chi connectivity index (χ1n) is 10.6. The van der Waals surface area contributed by atoms with E-state index in [1.165, 1.54) is 11.3 Å². The third-order valence-corrected chi connectivity index (χ3v) is 5.37. The monoisotopic (exact) mass is 447 g/mol. The molecule has 0 saturated carbocycles. The first-order chi connectivity index (χ1) is 15.5. The molecule has 0 unspecified atom stereocenters. The maximum Gasteiger partial charge on any atom is 0.127 e. The lowest BCUT2D eigenvalue weighted by molar-refractivity contribution is 0.400. The lowest BCUT2D eigenvalue weighted by Gasteiger charge is -2.14. The summed E-state index contributed by atoms with van der Waals surface area (Å²) in [4.78, 5) is 3.35. The largest absolute Gasteiger partial charge is 0.457 e. The zero-order valence-electron chi connectivity index (χ0n) is 19.4. The Kier molecular flexibility index (Phi) is 11.1. The van der Waals surface area contributed by atoms with Crippen LogP contribution in [0, 0.1) is 12.3 Å². The normalized spacial score (nSPS) is 10.0. The van der Waals surface area contributed by atoms with Crippen molar-refractivity contribution < 1.29 is 4.74 Å². The maximum absolute atomic E-state index is 5.85. The molecule has 0 atom stereocenters. The average Bonchev–Trinajstić information content (AvgIpc) is 2.80. The van der Waals surface area contributed by atoms with E-state index in [0.717, 1.165) is 41.5 Å². The Balaban J connectivity index is 0.00000114. The van der Waals surface area contributed by atoms with E-state index in [4.69, 9.17) is 4.74 Å². The summed E-state index contributed by atoms with van der Waals surface area (Å²) in [6.07, 6.45) is 6.82. The number of ether oxygens (including phenoxy) is 1. The smallest absolute Gasteiger partial charge is 0.127 e. The van der Waals surface area contributed by atoms with Crippen LogP contribution >= 0.6 is 11.9 Å². The minimum Gasteiger partial charge on any atom is -0.457 e. The van der Waals surface area contributed by atoms with Gasteiger partial charge in [-0.3, -0.25) is 0 Å². The van der Waals surface area contributed by atoms with Gasteiger partial charge in [-0.15, -0.1) is 12.3 Å². The molecule has 3 rings (SSSR count). The van der Waals surface area contributed by atoms with Gasteiger partial charge < -0.3 is 19.7 Å². The molecule has 0 aromatic heterocycles. The Labute approximate surface area is 197 Å². The van der Waals surface area contributed by atoms with Crippen molar-refractivity contribution in [2.45, 2.75) is 24.7 Å². The van der Waals surface area contributed by atoms with Gasteiger partial charge in [0.2, 0.25) is 0 Å². The Hall–Kier alpha value is -3.07. The summed E-state index contributed by atoms with van der Waals surface area (Å²) >= 11 is 1.60. The summed E-state index contributed by atoms with van der Waals surface area (Å²) < 4.78 is 9.28. The zero-order valence-corrected chi connectivity index (χ0v) is 20.2. The summed E-state index contributed by atoms with van der Waals surface area (Å²) in [5.41, 5.74) is 3.62. The number of hydrogen-bond acceptors (Lipinski definition) is 5. The van der Waals surface area contributed by atoms with Gasteiger partial charge in [0, 0.05) is 23.3 Å². The third-order valence-electron chi connectivity index (χ3n) is 4.52. The molecule has 0 aliphatic heterocycles. The molecule has 2 N–H and O–H groups in total. The first kappa shape index (κ1) is 25.2. The molecule has 0 heterocycles. The first-order valence-corrected chi connectivity index (χ1v) is 11.5. The van der Waals surface area contributed by atoms with Crippen molar-refractivity contribution in [3.05, 3.63) is 78.4 Å². The van der Waals surface area contributed by atoms with Crippen molar-refractivity contribution in [2.75, 3.05) is 37.7 Å². The molecule has 4 nitrogen and oxygen atoms in total. The summed E-state index contributed by atoms with van der Waals surface area (Å²) in [6, 6.07) is 24.4. The van der Waals surface area contributed by atoms with Gasteiger partial charge in [-0.2, -0.15) is 0 Å². The van der Waals surface area contributed by atoms with E-state index >= 15 is 0 Å². The molecule has 0 aliphatic carbocycles. The molecule has 0 saturated heterocycles. The number of rotatable bonds is 10. The standard InChI is InChI=1S/C24H29N3OS.C3H4/c1-25-24-18-20(12-11-19(24)8-7-17-27(2)3)26-29-23-15-13-22(14-16-23)28-21-9-5-4-6-10-21;1-3-2/h4-6,9-16,18,25-26H,7-8,17H2,1-3H3;1H,2H3. The number of aryl methyl sites for hydroxylation is 1. The minimum atomic E-state index is 0.833. The van der Waals surface area contributed by atoms with Gasteiger partial charge in [-0.25, -0.2) is 0 Å². The molecule has 0 fully saturated rings. The second kappa shape index (κ2) is 14.1. The highest BCUT2D eigenvalue weighted by Gasteiger charge is 2.05. The van der Waals surface area contributed by atoms with Crippen LogP contribution in [-0.4, -0.2) is 32.6 Å². The van der Waals surface area contributed by atoms with Crippen LogP contribution in [0.5, 0.6) is 11.5 Å². The molecule has 3 aromatic carbocycles. The average molecular weight is 448 g/mol. The van der Waals surface area contributed by atoms with Gasteiger partial charge in [-0.1, -0.05) is 24.3 Å². The number of benzene rings is 3. The van der Waals surface area contributed by atoms with Crippen molar-refractivity contribution >= 4 is 23.3 Å². The number of nitrogens with zero attached hydrogens (tertiary/aromatic N) is 1. The van der Waals surface area contributed by atoms with Crippen LogP contribution in [0.25, 0.3) is 0 Å². The molecule has 0 radical (unpaired) electrons. The van der Waals surface area contributed by atoms with Crippen molar-refractivity contribution in [1.29, 1.82) is 0 Å². The van der Waals surface area contributed by atoms with Crippen LogP contribution in [0.3, 0.4) is 0 Å². The molecular formula is C27H33N3OS. The van der Waals surface area contributed by atoms with Gasteiger partial charge in [-0.05, 0) is 106 Å². The molecule has 5 heteroatoms. The van der Waals surface area contributed by atoms with Crippen LogP contribution < -0.4 is 14.8 Å². The molecule has 0 amide bonds. The highest BCUT2D eigenvalue weighted by Crippen LogP contribution is 2.28. The number of terminal acetylenes is 1. The molecule has 0 bridgehead atoms. The van der Waals surface area contributed by atoms with Crippen LogP contribution in [0.2, 0.25) is 0 Å². The van der Waals surface area contributed by atoms with E-state index in [1.807, 2.05) is 49.5 Å². The number of nitrogens with one attached hydrogen (secondary N) is 2. The predicted molar refractivity (Wildman–Crippen MR) is 140 cm³/mol. The van der Waals surface area contributed by atoms with Crippen LogP contribution in [-0.2, 0) is 6.42 Å². The Morgan fingerprint density at radius 1 is 0.969 bits per heavy atom. The van der Waals surface area contributed by atoms with Gasteiger partial charge in [0.1, 0.15) is 11.5 Å². The lowest BCUT2D eigenvalue weighted by Crippen LogP contribution is -2.13. The molecule has 32 heavy (non-hydrogen) atoms. The second-order valence-corrected chi connectivity index (χ2v) is 8.29. The topological polar surface area (TPSA) is 36.5 Å². The van der Waals surface area contributed by atoms with Crippen molar-refractivity contribution in [2.24, 2.45) is 0 Å². The molecule has 168 valence electrons. The molecule has 0 aliphatic rings. The molecule has 3 aromatic rings. The van der Waals surface area contributed by atoms with Gasteiger partial charge in [0.05, 0.1) is 0 Å². The van der Waals surface area contributed by atoms with Crippen LogP contribution in [0.1, 0.15) is 18.9 Å². The SMILES string of the molecule is C#CC.CNc1cc(NSc2ccc(Oc3ccccc3)cc2)ccc1CCCN(C)C. The fourth-order valence-electron chi connectivity index (χ4n) is 2.99. The van der Waals surface area contributed by atoms with Gasteiger partial charge in [0.25, 0.3) is 0 Å². The fraction of sp³-hybridized carbons (Fsp3) is 0.259. The Morgan fingerprint density at radius 3 is 2.25 bits per heavy atom.